The minimum atomic E-state index is -0.742. The molecule has 3 heterocycles. The highest BCUT2D eigenvalue weighted by molar-refractivity contribution is 5.78. The number of aromatic nitrogens is 4. The number of anilines is 2. The fraction of sp³-hybridized carbons (Fsp3) is 0.368. The lowest BCUT2D eigenvalue weighted by molar-refractivity contribution is -0.118. The second-order valence-electron chi connectivity index (χ2n) is 7.16. The molecular weight excluding hydrogens is 360 g/mol. The van der Waals surface area contributed by atoms with E-state index in [1.165, 1.54) is 10.1 Å². The van der Waals surface area contributed by atoms with Crippen molar-refractivity contribution in [2.75, 3.05) is 11.4 Å². The molecule has 9 heteroatoms. The maximum absolute atomic E-state index is 13.0. The molecule has 0 saturated carbocycles. The van der Waals surface area contributed by atoms with Crippen molar-refractivity contribution in [1.82, 2.24) is 18.7 Å². The standard InChI is InChI=1S/C19H22N6O3/c1-11-6-4-7-13(12(11)2)23-8-5-9-24-15-16(21-18(23)24)22(3)19(28)25(17(15)27)10-14(20)26/h4,6-7H,5,8-10H2,1-3H3,(H2,20,26). The van der Waals surface area contributed by atoms with E-state index in [0.29, 0.717) is 23.7 Å². The van der Waals surface area contributed by atoms with Gasteiger partial charge >= 0.3 is 5.69 Å². The lowest BCUT2D eigenvalue weighted by atomic mass is 10.1. The quantitative estimate of drug-likeness (QED) is 0.711. The van der Waals surface area contributed by atoms with E-state index < -0.39 is 23.7 Å². The van der Waals surface area contributed by atoms with E-state index in [2.05, 4.69) is 29.8 Å². The summed E-state index contributed by atoms with van der Waals surface area (Å²) < 4.78 is 4.00. The van der Waals surface area contributed by atoms with Gasteiger partial charge in [0.2, 0.25) is 11.9 Å². The van der Waals surface area contributed by atoms with Crippen molar-refractivity contribution in [2.45, 2.75) is 33.4 Å². The van der Waals surface area contributed by atoms with E-state index in [0.717, 1.165) is 28.8 Å². The lowest BCUT2D eigenvalue weighted by Crippen LogP contribution is -2.42. The summed E-state index contributed by atoms with van der Waals surface area (Å²) in [7, 11) is 1.54. The molecule has 1 aliphatic heterocycles. The maximum Gasteiger partial charge on any atom is 0.332 e. The molecule has 9 nitrogen and oxygen atoms in total. The number of carbonyl (C=O) groups is 1. The fourth-order valence-corrected chi connectivity index (χ4v) is 3.82. The zero-order chi connectivity index (χ0) is 20.2. The third-order valence-electron chi connectivity index (χ3n) is 5.40. The van der Waals surface area contributed by atoms with Gasteiger partial charge in [0, 0.05) is 25.8 Å². The molecule has 146 valence electrons. The van der Waals surface area contributed by atoms with Crippen molar-refractivity contribution in [1.29, 1.82) is 0 Å². The molecule has 0 atom stereocenters. The van der Waals surface area contributed by atoms with Crippen LogP contribution in [0.1, 0.15) is 17.5 Å². The van der Waals surface area contributed by atoms with Crippen LogP contribution in [0.25, 0.3) is 11.2 Å². The minimum absolute atomic E-state index is 0.308. The monoisotopic (exact) mass is 382 g/mol. The summed E-state index contributed by atoms with van der Waals surface area (Å²) in [5.74, 6) is -0.118. The molecule has 0 fully saturated rings. The summed E-state index contributed by atoms with van der Waals surface area (Å²) in [6.45, 7) is 5.02. The van der Waals surface area contributed by atoms with Gasteiger partial charge in [-0.3, -0.25) is 14.2 Å². The predicted octanol–water partition coefficient (Wildman–Crippen LogP) is 0.541. The van der Waals surface area contributed by atoms with E-state index in [1.54, 1.807) is 7.05 Å². The van der Waals surface area contributed by atoms with Crippen LogP contribution in [0, 0.1) is 13.8 Å². The lowest BCUT2D eigenvalue weighted by Gasteiger charge is -2.30. The first-order valence-corrected chi connectivity index (χ1v) is 9.13. The average molecular weight is 382 g/mol. The van der Waals surface area contributed by atoms with Gasteiger partial charge in [-0.25, -0.2) is 9.36 Å². The summed E-state index contributed by atoms with van der Waals surface area (Å²) >= 11 is 0. The molecule has 3 aromatic rings. The van der Waals surface area contributed by atoms with Crippen LogP contribution in [0.5, 0.6) is 0 Å². The minimum Gasteiger partial charge on any atom is -0.368 e. The molecule has 0 spiro atoms. The van der Waals surface area contributed by atoms with Crippen molar-refractivity contribution < 1.29 is 4.79 Å². The normalized spacial score (nSPS) is 13.8. The Balaban J connectivity index is 2.01. The Hall–Kier alpha value is -3.36. The first-order valence-electron chi connectivity index (χ1n) is 9.13. The fourth-order valence-electron chi connectivity index (χ4n) is 3.82. The second-order valence-corrected chi connectivity index (χ2v) is 7.16. The summed E-state index contributed by atoms with van der Waals surface area (Å²) in [5.41, 5.74) is 8.03. The van der Waals surface area contributed by atoms with E-state index in [4.69, 9.17) is 5.73 Å². The van der Waals surface area contributed by atoms with Crippen molar-refractivity contribution in [2.24, 2.45) is 12.8 Å². The third-order valence-corrected chi connectivity index (χ3v) is 5.40. The summed E-state index contributed by atoms with van der Waals surface area (Å²) in [4.78, 5) is 43.6. The number of aryl methyl sites for hydroxylation is 3. The molecular formula is C19H22N6O3. The number of rotatable bonds is 3. The molecule has 0 unspecified atom stereocenters. The van der Waals surface area contributed by atoms with E-state index >= 15 is 0 Å². The number of carbonyl (C=O) groups excluding carboxylic acids is 1. The summed E-state index contributed by atoms with van der Waals surface area (Å²) in [6, 6.07) is 6.08. The molecule has 1 amide bonds. The molecule has 4 rings (SSSR count). The van der Waals surface area contributed by atoms with Crippen molar-refractivity contribution in [3.8, 4) is 0 Å². The largest absolute Gasteiger partial charge is 0.368 e. The Morgan fingerprint density at radius 1 is 1.21 bits per heavy atom. The van der Waals surface area contributed by atoms with Crippen molar-refractivity contribution in [3.63, 3.8) is 0 Å². The van der Waals surface area contributed by atoms with Crippen LogP contribution in [-0.4, -0.2) is 31.1 Å². The zero-order valence-corrected chi connectivity index (χ0v) is 16.1. The predicted molar refractivity (Wildman–Crippen MR) is 106 cm³/mol. The van der Waals surface area contributed by atoms with Crippen LogP contribution in [0.15, 0.2) is 27.8 Å². The van der Waals surface area contributed by atoms with Gasteiger partial charge in [-0.1, -0.05) is 12.1 Å². The Kier molecular flexibility index (Phi) is 4.10. The number of amides is 1. The van der Waals surface area contributed by atoms with Crippen molar-refractivity contribution >= 4 is 28.7 Å². The molecule has 0 aliphatic carbocycles. The number of primary amides is 1. The second kappa shape index (κ2) is 6.36. The van der Waals surface area contributed by atoms with Gasteiger partial charge in [-0.05, 0) is 37.5 Å². The molecule has 0 saturated heterocycles. The maximum atomic E-state index is 13.0. The van der Waals surface area contributed by atoms with Crippen LogP contribution >= 0.6 is 0 Å². The number of imidazole rings is 1. The zero-order valence-electron chi connectivity index (χ0n) is 16.1. The number of nitrogens with two attached hydrogens (primary N) is 1. The summed E-state index contributed by atoms with van der Waals surface area (Å²) in [6.07, 6.45) is 0.823. The van der Waals surface area contributed by atoms with Crippen LogP contribution in [0.2, 0.25) is 0 Å². The highest BCUT2D eigenvalue weighted by Gasteiger charge is 2.27. The number of hydrogen-bond acceptors (Lipinski definition) is 5. The number of hydrogen-bond donors (Lipinski definition) is 1. The van der Waals surface area contributed by atoms with Gasteiger partial charge in [0.25, 0.3) is 5.56 Å². The SMILES string of the molecule is Cc1cccc(N2CCCn3c2nc2c3c(=O)n(CC(N)=O)c(=O)n2C)c1C. The Morgan fingerprint density at radius 2 is 1.96 bits per heavy atom. The number of nitrogens with zero attached hydrogens (tertiary/aromatic N) is 5. The molecule has 2 aromatic heterocycles. The Morgan fingerprint density at radius 3 is 2.68 bits per heavy atom. The van der Waals surface area contributed by atoms with Crippen molar-refractivity contribution in [3.05, 3.63) is 50.2 Å². The van der Waals surface area contributed by atoms with Gasteiger partial charge < -0.3 is 15.2 Å². The number of benzene rings is 1. The van der Waals surface area contributed by atoms with Gasteiger partial charge in [0.05, 0.1) is 0 Å². The highest BCUT2D eigenvalue weighted by Crippen LogP contribution is 2.33. The van der Waals surface area contributed by atoms with Crippen LogP contribution in [0.3, 0.4) is 0 Å². The van der Waals surface area contributed by atoms with E-state index in [1.807, 2.05) is 16.7 Å². The molecule has 1 aromatic carbocycles. The molecule has 28 heavy (non-hydrogen) atoms. The van der Waals surface area contributed by atoms with Gasteiger partial charge in [0.15, 0.2) is 11.2 Å². The molecule has 0 radical (unpaired) electrons. The topological polar surface area (TPSA) is 108 Å². The van der Waals surface area contributed by atoms with Gasteiger partial charge in [0.1, 0.15) is 6.54 Å². The molecule has 1 aliphatic rings. The van der Waals surface area contributed by atoms with Gasteiger partial charge in [-0.2, -0.15) is 4.98 Å². The first-order chi connectivity index (χ1) is 13.3. The van der Waals surface area contributed by atoms with E-state index in [9.17, 15) is 14.4 Å². The number of fused-ring (bicyclic) bond motifs is 3. The Bertz CT molecular complexity index is 1230. The molecule has 0 bridgehead atoms. The average Bonchev–Trinajstić information content (AvgIpc) is 3.05. The van der Waals surface area contributed by atoms with Gasteiger partial charge in [-0.15, -0.1) is 0 Å². The van der Waals surface area contributed by atoms with Crippen LogP contribution in [-0.2, 0) is 24.9 Å². The Labute approximate surface area is 160 Å². The molecule has 2 N–H and O–H groups in total. The van der Waals surface area contributed by atoms with Crippen LogP contribution in [0.4, 0.5) is 11.6 Å². The third kappa shape index (κ3) is 2.54. The highest BCUT2D eigenvalue weighted by atomic mass is 16.2. The first kappa shape index (κ1) is 18.0. The summed E-state index contributed by atoms with van der Waals surface area (Å²) in [5, 5.41) is 0. The van der Waals surface area contributed by atoms with E-state index in [-0.39, 0.29) is 0 Å². The smallest absolute Gasteiger partial charge is 0.332 e. The van der Waals surface area contributed by atoms with Crippen LogP contribution < -0.4 is 21.9 Å².